The van der Waals surface area contributed by atoms with E-state index in [-0.39, 0.29) is 19.1 Å². The fraction of sp³-hybridized carbons (Fsp3) is 0.250. The van der Waals surface area contributed by atoms with Gasteiger partial charge in [-0.2, -0.15) is 0 Å². The van der Waals surface area contributed by atoms with Crippen LogP contribution in [0.3, 0.4) is 0 Å². The number of rotatable bonds is 6. The summed E-state index contributed by atoms with van der Waals surface area (Å²) < 4.78 is 16.0. The van der Waals surface area contributed by atoms with Gasteiger partial charge in [-0.1, -0.05) is 30.3 Å². The van der Waals surface area contributed by atoms with Crippen LogP contribution in [0, 0.1) is 0 Å². The summed E-state index contributed by atoms with van der Waals surface area (Å²) >= 11 is 0. The highest BCUT2D eigenvalue weighted by Crippen LogP contribution is 2.33. The third-order valence-corrected chi connectivity index (χ3v) is 4.07. The van der Waals surface area contributed by atoms with Gasteiger partial charge in [0.15, 0.2) is 19.3 Å². The first-order valence-electron chi connectivity index (χ1n) is 8.69. The molecule has 1 heterocycles. The van der Waals surface area contributed by atoms with Crippen LogP contribution in [0.2, 0.25) is 0 Å². The van der Waals surface area contributed by atoms with Crippen LogP contribution in [-0.2, 0) is 19.1 Å². The third kappa shape index (κ3) is 4.59. The van der Waals surface area contributed by atoms with Crippen molar-refractivity contribution in [3.05, 3.63) is 54.6 Å². The van der Waals surface area contributed by atoms with Crippen molar-refractivity contribution in [2.24, 2.45) is 0 Å². The number of esters is 1. The zero-order chi connectivity index (χ0) is 19.9. The number of ether oxygens (including phenoxy) is 3. The number of para-hydroxylation sites is 3. The molecule has 0 spiro atoms. The van der Waals surface area contributed by atoms with Gasteiger partial charge in [-0.15, -0.1) is 0 Å². The zero-order valence-electron chi connectivity index (χ0n) is 15.3. The van der Waals surface area contributed by atoms with Crippen molar-refractivity contribution < 1.29 is 28.6 Å². The van der Waals surface area contributed by atoms with Crippen molar-refractivity contribution in [1.82, 2.24) is 5.32 Å². The number of fused-ring (bicyclic) bond motifs is 1. The number of carbonyl (C=O) groups is 3. The lowest BCUT2D eigenvalue weighted by Crippen LogP contribution is -2.51. The van der Waals surface area contributed by atoms with Crippen molar-refractivity contribution >= 4 is 23.5 Å². The van der Waals surface area contributed by atoms with Crippen LogP contribution in [0.25, 0.3) is 0 Å². The number of benzene rings is 2. The molecule has 1 N–H and O–H groups in total. The van der Waals surface area contributed by atoms with Crippen LogP contribution in [-0.4, -0.2) is 50.7 Å². The Morgan fingerprint density at radius 1 is 1.07 bits per heavy atom. The summed E-state index contributed by atoms with van der Waals surface area (Å²) in [4.78, 5) is 37.8. The van der Waals surface area contributed by atoms with Crippen molar-refractivity contribution in [3.8, 4) is 11.5 Å². The van der Waals surface area contributed by atoms with E-state index >= 15 is 0 Å². The zero-order valence-corrected chi connectivity index (χ0v) is 15.3. The number of carbonyl (C=O) groups excluding carboxylic acids is 3. The minimum atomic E-state index is -0.846. The van der Waals surface area contributed by atoms with E-state index in [9.17, 15) is 14.4 Å². The first kappa shape index (κ1) is 19.2. The van der Waals surface area contributed by atoms with Gasteiger partial charge in [0.2, 0.25) is 0 Å². The van der Waals surface area contributed by atoms with E-state index in [1.807, 2.05) is 6.07 Å². The Labute approximate surface area is 162 Å². The highest BCUT2D eigenvalue weighted by Gasteiger charge is 2.33. The molecule has 8 heteroatoms. The maximum Gasteiger partial charge on any atom is 0.344 e. The van der Waals surface area contributed by atoms with E-state index < -0.39 is 24.6 Å². The molecule has 0 bridgehead atoms. The van der Waals surface area contributed by atoms with Gasteiger partial charge < -0.3 is 24.4 Å². The van der Waals surface area contributed by atoms with E-state index in [0.29, 0.717) is 17.2 Å². The summed E-state index contributed by atoms with van der Waals surface area (Å²) in [7, 11) is 1.49. The molecule has 0 fully saturated rings. The molecule has 0 aliphatic carbocycles. The second kappa shape index (κ2) is 8.90. The quantitative estimate of drug-likeness (QED) is 0.751. The van der Waals surface area contributed by atoms with E-state index in [4.69, 9.17) is 14.2 Å². The second-order valence-electron chi connectivity index (χ2n) is 5.96. The van der Waals surface area contributed by atoms with Gasteiger partial charge in [0, 0.05) is 7.05 Å². The van der Waals surface area contributed by atoms with E-state index in [1.165, 1.54) is 11.9 Å². The van der Waals surface area contributed by atoms with Gasteiger partial charge in [-0.3, -0.25) is 9.59 Å². The summed E-state index contributed by atoms with van der Waals surface area (Å²) in [6, 6.07) is 15.7. The predicted molar refractivity (Wildman–Crippen MR) is 100 cm³/mol. The average Bonchev–Trinajstić information content (AvgIpc) is 2.75. The number of likely N-dealkylation sites (N-methyl/N-ethyl adjacent to an activating group) is 1. The fourth-order valence-corrected chi connectivity index (χ4v) is 2.69. The monoisotopic (exact) mass is 384 g/mol. The number of nitrogens with one attached hydrogen (secondary N) is 1. The average molecular weight is 384 g/mol. The Hall–Kier alpha value is -3.55. The van der Waals surface area contributed by atoms with Gasteiger partial charge in [-0.05, 0) is 24.3 Å². The SMILES string of the molecule is CNC(=O)C1CN(C(=O)COC(=O)COc2ccccc2)c2ccccc2O1. The van der Waals surface area contributed by atoms with Crippen molar-refractivity contribution in [2.75, 3.05) is 31.7 Å². The predicted octanol–water partition coefficient (Wildman–Crippen LogP) is 1.15. The lowest BCUT2D eigenvalue weighted by atomic mass is 10.1. The van der Waals surface area contributed by atoms with Gasteiger partial charge in [0.25, 0.3) is 11.8 Å². The summed E-state index contributed by atoms with van der Waals surface area (Å²) in [5.74, 6) is -0.532. The lowest BCUT2D eigenvalue weighted by molar-refractivity contribution is -0.150. The van der Waals surface area contributed by atoms with Crippen LogP contribution in [0.5, 0.6) is 11.5 Å². The van der Waals surface area contributed by atoms with Gasteiger partial charge in [-0.25, -0.2) is 4.79 Å². The molecular weight excluding hydrogens is 364 g/mol. The largest absolute Gasteiger partial charge is 0.482 e. The molecule has 1 aliphatic rings. The second-order valence-corrected chi connectivity index (χ2v) is 5.96. The maximum atomic E-state index is 12.6. The summed E-state index contributed by atoms with van der Waals surface area (Å²) in [6.45, 7) is -0.753. The molecule has 0 saturated heterocycles. The van der Waals surface area contributed by atoms with Crippen LogP contribution in [0.1, 0.15) is 0 Å². The molecule has 1 unspecified atom stereocenters. The molecule has 1 atom stereocenters. The van der Waals surface area contributed by atoms with Crippen LogP contribution < -0.4 is 19.7 Å². The molecule has 8 nitrogen and oxygen atoms in total. The van der Waals surface area contributed by atoms with E-state index in [2.05, 4.69) is 5.32 Å². The van der Waals surface area contributed by atoms with Gasteiger partial charge >= 0.3 is 5.97 Å². The number of hydrogen-bond donors (Lipinski definition) is 1. The highest BCUT2D eigenvalue weighted by molar-refractivity contribution is 5.98. The molecule has 28 heavy (non-hydrogen) atoms. The molecule has 2 amide bonds. The van der Waals surface area contributed by atoms with Crippen molar-refractivity contribution in [2.45, 2.75) is 6.10 Å². The molecule has 0 radical (unpaired) electrons. The van der Waals surface area contributed by atoms with E-state index in [1.54, 1.807) is 48.5 Å². The summed E-state index contributed by atoms with van der Waals surface area (Å²) in [6.07, 6.45) is -0.846. The summed E-state index contributed by atoms with van der Waals surface area (Å²) in [5.41, 5.74) is 0.518. The van der Waals surface area contributed by atoms with Crippen molar-refractivity contribution in [1.29, 1.82) is 0 Å². The molecule has 3 rings (SSSR count). The van der Waals surface area contributed by atoms with Crippen molar-refractivity contribution in [3.63, 3.8) is 0 Å². The normalized spacial score (nSPS) is 15.0. The molecule has 0 aromatic heterocycles. The van der Waals surface area contributed by atoms with Gasteiger partial charge in [0.05, 0.1) is 12.2 Å². The summed E-state index contributed by atoms with van der Waals surface area (Å²) in [5, 5.41) is 2.50. The minimum Gasteiger partial charge on any atom is -0.482 e. The number of amides is 2. The topological polar surface area (TPSA) is 94.2 Å². The Balaban J connectivity index is 1.59. The fourth-order valence-electron chi connectivity index (χ4n) is 2.69. The first-order valence-corrected chi connectivity index (χ1v) is 8.69. The highest BCUT2D eigenvalue weighted by atomic mass is 16.6. The molecule has 2 aromatic rings. The van der Waals surface area contributed by atoms with Crippen LogP contribution in [0.15, 0.2) is 54.6 Å². The lowest BCUT2D eigenvalue weighted by Gasteiger charge is -2.33. The maximum absolute atomic E-state index is 12.6. The standard InChI is InChI=1S/C20H20N2O6/c1-21-20(25)17-11-22(15-9-5-6-10-16(15)28-17)18(23)12-27-19(24)13-26-14-7-3-2-4-8-14/h2-10,17H,11-13H2,1H3,(H,21,25). The third-order valence-electron chi connectivity index (χ3n) is 4.07. The number of hydrogen-bond acceptors (Lipinski definition) is 6. The number of nitrogens with zero attached hydrogens (tertiary/aromatic N) is 1. The van der Waals surface area contributed by atoms with E-state index in [0.717, 1.165) is 0 Å². The van der Waals surface area contributed by atoms with Crippen LogP contribution in [0.4, 0.5) is 5.69 Å². The first-order chi connectivity index (χ1) is 13.6. The molecule has 1 aliphatic heterocycles. The Kier molecular flexibility index (Phi) is 6.11. The molecule has 2 aromatic carbocycles. The Morgan fingerprint density at radius 2 is 1.79 bits per heavy atom. The smallest absolute Gasteiger partial charge is 0.344 e. The minimum absolute atomic E-state index is 0.0214. The van der Waals surface area contributed by atoms with Crippen LogP contribution >= 0.6 is 0 Å². The van der Waals surface area contributed by atoms with Gasteiger partial charge in [0.1, 0.15) is 11.5 Å². The number of anilines is 1. The Bertz CT molecular complexity index is 855. The Morgan fingerprint density at radius 3 is 2.54 bits per heavy atom. The molecular formula is C20H20N2O6. The molecule has 146 valence electrons. The molecule has 0 saturated carbocycles.